The number of hydrogen-bond acceptors (Lipinski definition) is 6. The van der Waals surface area contributed by atoms with E-state index < -0.39 is 15.0 Å². The summed E-state index contributed by atoms with van der Waals surface area (Å²) in [7, 11) is -3.93. The third-order valence-electron chi connectivity index (χ3n) is 3.19. The number of primary sulfonamides is 1. The van der Waals surface area contributed by atoms with Crippen molar-refractivity contribution in [2.45, 2.75) is 5.03 Å². The van der Waals surface area contributed by atoms with E-state index in [0.717, 1.165) is 11.0 Å². The van der Waals surface area contributed by atoms with Crippen molar-refractivity contribution < 1.29 is 8.42 Å². The monoisotopic (exact) mass is 407 g/mol. The van der Waals surface area contributed by atoms with E-state index in [0.29, 0.717) is 16.2 Å². The number of nitrogens with zero attached hydrogens (tertiary/aromatic N) is 4. The Morgan fingerprint density at radius 2 is 1.27 bits per heavy atom. The van der Waals surface area contributed by atoms with Crippen molar-refractivity contribution in [3.8, 4) is 0 Å². The van der Waals surface area contributed by atoms with Crippen molar-refractivity contribution in [3.63, 3.8) is 0 Å². The first-order chi connectivity index (χ1) is 12.3. The molecule has 0 unspecified atom stereocenters. The molecule has 0 aliphatic carbocycles. The molecule has 2 aromatic carbocycles. The average molecular weight is 408 g/mol. The van der Waals surface area contributed by atoms with E-state index in [1.807, 2.05) is 24.3 Å². The molecule has 4 rings (SSSR count). The van der Waals surface area contributed by atoms with Crippen LogP contribution < -0.4 is 5.14 Å². The normalized spacial score (nSPS) is 11.2. The smallest absolute Gasteiger partial charge is 0.251 e. The molecule has 7 nitrogen and oxygen atoms in total. The van der Waals surface area contributed by atoms with Crippen LogP contribution in [0.15, 0.2) is 59.8 Å². The van der Waals surface area contributed by atoms with Crippen molar-refractivity contribution in [1.29, 1.82) is 0 Å². The molecule has 2 aromatic heterocycles. The Bertz CT molecular complexity index is 1200. The van der Waals surface area contributed by atoms with E-state index in [1.165, 1.54) is 0 Å². The molecule has 2 N–H and O–H groups in total. The lowest BCUT2D eigenvalue weighted by Gasteiger charge is -2.01. The van der Waals surface area contributed by atoms with Crippen LogP contribution in [0.4, 0.5) is 0 Å². The SMILES string of the molecule is Clc1cnc2ccccc2n1.NS(=O)(=O)c1nc2ccccc2nc1Cl. The van der Waals surface area contributed by atoms with Crippen molar-refractivity contribution in [2.24, 2.45) is 5.14 Å². The van der Waals surface area contributed by atoms with Crippen LogP contribution >= 0.6 is 23.2 Å². The Kier molecular flexibility index (Phi) is 5.28. The highest BCUT2D eigenvalue weighted by Gasteiger charge is 2.17. The van der Waals surface area contributed by atoms with E-state index in [9.17, 15) is 8.42 Å². The van der Waals surface area contributed by atoms with Gasteiger partial charge in [0.15, 0.2) is 5.15 Å². The standard InChI is InChI=1S/C8H6ClN3O2S.C8H5ClN2/c9-7-8(15(10,13)14)12-6-4-2-1-3-5(6)11-7;9-8-5-10-6-3-1-2-4-7(6)11-8/h1-4H,(H2,10,13,14);1-5H. The van der Waals surface area contributed by atoms with Gasteiger partial charge in [-0.05, 0) is 24.3 Å². The van der Waals surface area contributed by atoms with E-state index in [-0.39, 0.29) is 5.15 Å². The van der Waals surface area contributed by atoms with Crippen molar-refractivity contribution in [3.05, 3.63) is 65.0 Å². The zero-order chi connectivity index (χ0) is 18.7. The summed E-state index contributed by atoms with van der Waals surface area (Å²) in [5, 5.41) is 4.76. The molecule has 0 bridgehead atoms. The first kappa shape index (κ1) is 18.4. The molecule has 0 aliphatic heterocycles. The molecule has 0 radical (unpaired) electrons. The number of nitrogens with two attached hydrogens (primary N) is 1. The summed E-state index contributed by atoms with van der Waals surface area (Å²) in [6.07, 6.45) is 1.55. The molecule has 0 fully saturated rings. The van der Waals surface area contributed by atoms with Gasteiger partial charge in [0.1, 0.15) is 5.15 Å². The molecule has 0 saturated carbocycles. The van der Waals surface area contributed by atoms with Crippen LogP contribution in [0.1, 0.15) is 0 Å². The zero-order valence-corrected chi connectivity index (χ0v) is 15.4. The van der Waals surface area contributed by atoms with E-state index >= 15 is 0 Å². The maximum atomic E-state index is 11.1. The maximum Gasteiger partial charge on any atom is 0.258 e. The number of fused-ring (bicyclic) bond motifs is 2. The van der Waals surface area contributed by atoms with Crippen LogP contribution in [0.25, 0.3) is 22.1 Å². The van der Waals surface area contributed by atoms with E-state index in [4.69, 9.17) is 28.3 Å². The highest BCUT2D eigenvalue weighted by Crippen LogP contribution is 2.19. The number of aromatic nitrogens is 4. The van der Waals surface area contributed by atoms with Crippen LogP contribution in [-0.2, 0) is 10.0 Å². The predicted octanol–water partition coefficient (Wildman–Crippen LogP) is 3.21. The van der Waals surface area contributed by atoms with Crippen LogP contribution in [-0.4, -0.2) is 28.4 Å². The Hall–Kier alpha value is -2.39. The summed E-state index contributed by atoms with van der Waals surface area (Å²) < 4.78 is 22.2. The summed E-state index contributed by atoms with van der Waals surface area (Å²) >= 11 is 11.3. The van der Waals surface area contributed by atoms with Crippen molar-refractivity contribution in [1.82, 2.24) is 19.9 Å². The Balaban J connectivity index is 0.000000158. The summed E-state index contributed by atoms with van der Waals surface area (Å²) in [4.78, 5) is 15.9. The third-order valence-corrected chi connectivity index (χ3v) is 4.57. The number of halogens is 2. The van der Waals surface area contributed by atoms with Crippen molar-refractivity contribution >= 4 is 55.3 Å². The fraction of sp³-hybridized carbons (Fsp3) is 0. The summed E-state index contributed by atoms with van der Waals surface area (Å²) in [5.74, 6) is 0. The van der Waals surface area contributed by atoms with Crippen molar-refractivity contribution in [2.75, 3.05) is 0 Å². The van der Waals surface area contributed by atoms with Gasteiger partial charge in [0, 0.05) is 0 Å². The predicted molar refractivity (Wildman–Crippen MR) is 100 cm³/mol. The Morgan fingerprint density at radius 1 is 0.769 bits per heavy atom. The van der Waals surface area contributed by atoms with Crippen LogP contribution in [0.5, 0.6) is 0 Å². The second-order valence-electron chi connectivity index (χ2n) is 5.03. The van der Waals surface area contributed by atoms with Crippen LogP contribution in [0, 0.1) is 0 Å². The van der Waals surface area contributed by atoms with Gasteiger partial charge in [-0.25, -0.2) is 28.5 Å². The minimum Gasteiger partial charge on any atom is -0.251 e. The Morgan fingerprint density at radius 3 is 1.85 bits per heavy atom. The quantitative estimate of drug-likeness (QED) is 0.518. The van der Waals surface area contributed by atoms with E-state index in [1.54, 1.807) is 30.5 Å². The molecular formula is C16H11Cl2N5O2S. The summed E-state index contributed by atoms with van der Waals surface area (Å²) in [6, 6.07) is 14.4. The Labute approximate surface area is 158 Å². The molecule has 10 heteroatoms. The molecule has 0 aliphatic rings. The molecule has 132 valence electrons. The minimum atomic E-state index is -3.93. The van der Waals surface area contributed by atoms with E-state index in [2.05, 4.69) is 19.9 Å². The van der Waals surface area contributed by atoms with Gasteiger partial charge in [-0.1, -0.05) is 47.5 Å². The van der Waals surface area contributed by atoms with Gasteiger partial charge >= 0.3 is 0 Å². The lowest BCUT2D eigenvalue weighted by atomic mass is 10.3. The van der Waals surface area contributed by atoms with Crippen LogP contribution in [0.2, 0.25) is 10.3 Å². The fourth-order valence-electron chi connectivity index (χ4n) is 2.08. The number of sulfonamides is 1. The van der Waals surface area contributed by atoms with Gasteiger partial charge in [0.25, 0.3) is 10.0 Å². The maximum absolute atomic E-state index is 11.1. The highest BCUT2D eigenvalue weighted by atomic mass is 35.5. The fourth-order valence-corrected chi connectivity index (χ4v) is 3.18. The molecule has 0 saturated heterocycles. The van der Waals surface area contributed by atoms with Gasteiger partial charge < -0.3 is 0 Å². The molecule has 4 aromatic rings. The molecular weight excluding hydrogens is 397 g/mol. The first-order valence-corrected chi connectivity index (χ1v) is 9.47. The van der Waals surface area contributed by atoms with Gasteiger partial charge in [0.05, 0.1) is 28.3 Å². The number of rotatable bonds is 1. The second kappa shape index (κ2) is 7.46. The zero-order valence-electron chi connectivity index (χ0n) is 13.0. The number of hydrogen-bond donors (Lipinski definition) is 1. The average Bonchev–Trinajstić information content (AvgIpc) is 2.60. The van der Waals surface area contributed by atoms with Gasteiger partial charge in [0.2, 0.25) is 5.03 Å². The molecule has 2 heterocycles. The third kappa shape index (κ3) is 4.23. The largest absolute Gasteiger partial charge is 0.258 e. The van der Waals surface area contributed by atoms with Gasteiger partial charge in [-0.2, -0.15) is 0 Å². The molecule has 0 amide bonds. The van der Waals surface area contributed by atoms with Gasteiger partial charge in [-0.15, -0.1) is 0 Å². The highest BCUT2D eigenvalue weighted by molar-refractivity contribution is 7.89. The first-order valence-electron chi connectivity index (χ1n) is 7.17. The molecule has 0 spiro atoms. The topological polar surface area (TPSA) is 112 Å². The lowest BCUT2D eigenvalue weighted by molar-refractivity contribution is 0.594. The van der Waals surface area contributed by atoms with Crippen LogP contribution in [0.3, 0.4) is 0 Å². The van der Waals surface area contributed by atoms with Gasteiger partial charge in [-0.3, -0.25) is 4.98 Å². The second-order valence-corrected chi connectivity index (χ2v) is 7.26. The molecule has 26 heavy (non-hydrogen) atoms. The minimum absolute atomic E-state index is 0.212. The number of para-hydroxylation sites is 4. The molecule has 0 atom stereocenters. The summed E-state index contributed by atoms with van der Waals surface area (Å²) in [6.45, 7) is 0. The summed E-state index contributed by atoms with van der Waals surface area (Å²) in [5.41, 5.74) is 2.66. The number of benzene rings is 2. The lowest BCUT2D eigenvalue weighted by Crippen LogP contribution is -2.15.